The first-order chi connectivity index (χ1) is 10.7. The molecule has 0 spiro atoms. The van der Waals surface area contributed by atoms with Crippen molar-refractivity contribution in [2.24, 2.45) is 0 Å². The highest BCUT2D eigenvalue weighted by Crippen LogP contribution is 2.19. The molecule has 1 fully saturated rings. The summed E-state index contributed by atoms with van der Waals surface area (Å²) in [5, 5.41) is 3.11. The molecule has 1 saturated heterocycles. The molecule has 5 heteroatoms. The van der Waals surface area contributed by atoms with Crippen molar-refractivity contribution in [2.45, 2.75) is 38.6 Å². The number of nitrogens with one attached hydrogen (secondary N) is 1. The number of anilines is 1. The number of methoxy groups -OCH3 is 1. The molecule has 22 heavy (non-hydrogen) atoms. The van der Waals surface area contributed by atoms with Gasteiger partial charge in [-0.25, -0.2) is 4.79 Å². The van der Waals surface area contributed by atoms with E-state index >= 15 is 0 Å². The van der Waals surface area contributed by atoms with Gasteiger partial charge >= 0.3 is 5.97 Å². The number of carbonyl (C=O) groups is 2. The fraction of sp³-hybridized carbons (Fsp3) is 0.529. The maximum absolute atomic E-state index is 12.4. The maximum Gasteiger partial charge on any atom is 0.337 e. The first-order valence-electron chi connectivity index (χ1n) is 7.87. The standard InChI is InChI=1S/C17H24N2O3/c1-3-15-9-4-5-10-19(15)16(20)12-18-14-8-6-7-13(11-14)17(21)22-2/h6-8,11,15,18H,3-5,9-10,12H2,1-2H3. The monoisotopic (exact) mass is 304 g/mol. The van der Waals surface area contributed by atoms with Gasteiger partial charge in [0.25, 0.3) is 0 Å². The Kier molecular flexibility index (Phi) is 5.81. The topological polar surface area (TPSA) is 58.6 Å². The predicted octanol–water partition coefficient (Wildman–Crippen LogP) is 2.68. The van der Waals surface area contributed by atoms with E-state index < -0.39 is 0 Å². The van der Waals surface area contributed by atoms with Gasteiger partial charge in [-0.1, -0.05) is 13.0 Å². The minimum atomic E-state index is -0.378. The Bertz CT molecular complexity index is 530. The number of esters is 1. The minimum absolute atomic E-state index is 0.120. The smallest absolute Gasteiger partial charge is 0.337 e. The van der Waals surface area contributed by atoms with E-state index in [4.69, 9.17) is 4.74 Å². The van der Waals surface area contributed by atoms with Crippen LogP contribution < -0.4 is 5.32 Å². The van der Waals surface area contributed by atoms with Crippen LogP contribution in [0.3, 0.4) is 0 Å². The molecule has 0 bridgehead atoms. The van der Waals surface area contributed by atoms with Gasteiger partial charge in [0.05, 0.1) is 19.2 Å². The second kappa shape index (κ2) is 7.82. The first-order valence-corrected chi connectivity index (χ1v) is 7.87. The van der Waals surface area contributed by atoms with Crippen molar-refractivity contribution in [3.63, 3.8) is 0 Å². The minimum Gasteiger partial charge on any atom is -0.465 e. The quantitative estimate of drug-likeness (QED) is 0.850. The summed E-state index contributed by atoms with van der Waals surface area (Å²) >= 11 is 0. The lowest BCUT2D eigenvalue weighted by molar-refractivity contribution is -0.133. The summed E-state index contributed by atoms with van der Waals surface area (Å²) in [6.07, 6.45) is 4.39. The van der Waals surface area contributed by atoms with E-state index in [1.54, 1.807) is 18.2 Å². The van der Waals surface area contributed by atoms with Gasteiger partial charge in [0, 0.05) is 18.3 Å². The zero-order valence-electron chi connectivity index (χ0n) is 13.3. The molecule has 0 radical (unpaired) electrons. The van der Waals surface area contributed by atoms with E-state index in [0.717, 1.165) is 31.5 Å². The summed E-state index contributed by atoms with van der Waals surface area (Å²) in [4.78, 5) is 25.9. The van der Waals surface area contributed by atoms with Gasteiger partial charge in [-0.3, -0.25) is 4.79 Å². The van der Waals surface area contributed by atoms with Gasteiger partial charge in [0.15, 0.2) is 0 Å². The van der Waals surface area contributed by atoms with Crippen LogP contribution in [-0.2, 0) is 9.53 Å². The number of benzene rings is 1. The van der Waals surface area contributed by atoms with E-state index in [-0.39, 0.29) is 18.4 Å². The van der Waals surface area contributed by atoms with Crippen molar-refractivity contribution in [3.05, 3.63) is 29.8 Å². The Morgan fingerprint density at radius 3 is 2.91 bits per heavy atom. The molecule has 1 atom stereocenters. The van der Waals surface area contributed by atoms with Gasteiger partial charge in [-0.05, 0) is 43.9 Å². The molecule has 0 aliphatic carbocycles. The lowest BCUT2D eigenvalue weighted by atomic mass is 10.00. The molecule has 1 aliphatic rings. The van der Waals surface area contributed by atoms with Crippen molar-refractivity contribution in [3.8, 4) is 0 Å². The molecule has 5 nitrogen and oxygen atoms in total. The number of ether oxygens (including phenoxy) is 1. The SMILES string of the molecule is CCC1CCCCN1C(=O)CNc1cccc(C(=O)OC)c1. The van der Waals surface area contributed by atoms with Gasteiger partial charge in [-0.2, -0.15) is 0 Å². The molecular formula is C17H24N2O3. The van der Waals surface area contributed by atoms with Crippen LogP contribution in [0.4, 0.5) is 5.69 Å². The number of hydrogen-bond acceptors (Lipinski definition) is 4. The van der Waals surface area contributed by atoms with Gasteiger partial charge in [-0.15, -0.1) is 0 Å². The summed E-state index contributed by atoms with van der Waals surface area (Å²) in [6, 6.07) is 7.37. The predicted molar refractivity (Wildman–Crippen MR) is 85.9 cm³/mol. The van der Waals surface area contributed by atoms with E-state index in [2.05, 4.69) is 12.2 Å². The lowest BCUT2D eigenvalue weighted by Gasteiger charge is -2.35. The Labute approximate surface area is 131 Å². The van der Waals surface area contributed by atoms with Crippen molar-refractivity contribution in [1.29, 1.82) is 0 Å². The first kappa shape index (κ1) is 16.3. The fourth-order valence-corrected chi connectivity index (χ4v) is 2.91. The Balaban J connectivity index is 1.94. The van der Waals surface area contributed by atoms with E-state index in [1.165, 1.54) is 13.5 Å². The average Bonchev–Trinajstić information content (AvgIpc) is 2.59. The fourth-order valence-electron chi connectivity index (χ4n) is 2.91. The van der Waals surface area contributed by atoms with Crippen LogP contribution in [0.25, 0.3) is 0 Å². The number of likely N-dealkylation sites (tertiary alicyclic amines) is 1. The molecule has 1 unspecified atom stereocenters. The second-order valence-electron chi connectivity index (χ2n) is 5.57. The molecule has 120 valence electrons. The maximum atomic E-state index is 12.4. The van der Waals surface area contributed by atoms with E-state index in [9.17, 15) is 9.59 Å². The van der Waals surface area contributed by atoms with Crippen LogP contribution >= 0.6 is 0 Å². The summed E-state index contributed by atoms with van der Waals surface area (Å²) in [7, 11) is 1.35. The van der Waals surface area contributed by atoms with E-state index in [1.807, 2.05) is 11.0 Å². The van der Waals surface area contributed by atoms with Crippen LogP contribution in [0.2, 0.25) is 0 Å². The van der Waals surface area contributed by atoms with Crippen LogP contribution in [0.1, 0.15) is 43.0 Å². The van der Waals surface area contributed by atoms with Crippen LogP contribution in [0.15, 0.2) is 24.3 Å². The molecule has 1 heterocycles. The zero-order chi connectivity index (χ0) is 15.9. The van der Waals surface area contributed by atoms with Crippen molar-refractivity contribution in [2.75, 3.05) is 25.5 Å². The number of carbonyl (C=O) groups excluding carboxylic acids is 2. The molecule has 1 aromatic rings. The molecule has 1 N–H and O–H groups in total. The second-order valence-corrected chi connectivity index (χ2v) is 5.57. The Morgan fingerprint density at radius 1 is 1.36 bits per heavy atom. The summed E-state index contributed by atoms with van der Waals surface area (Å²) in [5.41, 5.74) is 1.23. The van der Waals surface area contributed by atoms with Crippen molar-refractivity contribution >= 4 is 17.6 Å². The van der Waals surface area contributed by atoms with Crippen molar-refractivity contribution in [1.82, 2.24) is 4.90 Å². The molecule has 1 aliphatic heterocycles. The summed E-state index contributed by atoms with van der Waals surface area (Å²) < 4.78 is 4.70. The lowest BCUT2D eigenvalue weighted by Crippen LogP contribution is -2.45. The highest BCUT2D eigenvalue weighted by Gasteiger charge is 2.24. The molecular weight excluding hydrogens is 280 g/mol. The van der Waals surface area contributed by atoms with Crippen LogP contribution in [-0.4, -0.2) is 43.0 Å². The van der Waals surface area contributed by atoms with Gasteiger partial charge in [0.1, 0.15) is 0 Å². The number of hydrogen-bond donors (Lipinski definition) is 1. The Morgan fingerprint density at radius 2 is 2.18 bits per heavy atom. The molecule has 0 saturated carbocycles. The number of amides is 1. The van der Waals surface area contributed by atoms with Crippen LogP contribution in [0, 0.1) is 0 Å². The number of rotatable bonds is 5. The molecule has 0 aromatic heterocycles. The normalized spacial score (nSPS) is 17.9. The largest absolute Gasteiger partial charge is 0.465 e. The van der Waals surface area contributed by atoms with Crippen LogP contribution in [0.5, 0.6) is 0 Å². The molecule has 2 rings (SSSR count). The molecule has 1 aromatic carbocycles. The Hall–Kier alpha value is -2.04. The summed E-state index contributed by atoms with van der Waals surface area (Å²) in [5.74, 6) is -0.257. The van der Waals surface area contributed by atoms with Gasteiger partial charge in [0.2, 0.25) is 5.91 Å². The third-order valence-corrected chi connectivity index (χ3v) is 4.15. The summed E-state index contributed by atoms with van der Waals surface area (Å²) in [6.45, 7) is 3.23. The third-order valence-electron chi connectivity index (χ3n) is 4.15. The van der Waals surface area contributed by atoms with Gasteiger partial charge < -0.3 is 15.0 Å². The number of piperidine rings is 1. The highest BCUT2D eigenvalue weighted by molar-refractivity contribution is 5.90. The number of nitrogens with zero attached hydrogens (tertiary/aromatic N) is 1. The highest BCUT2D eigenvalue weighted by atomic mass is 16.5. The third kappa shape index (κ3) is 4.00. The average molecular weight is 304 g/mol. The zero-order valence-corrected chi connectivity index (χ0v) is 13.3. The van der Waals surface area contributed by atoms with E-state index in [0.29, 0.717) is 11.6 Å². The van der Waals surface area contributed by atoms with Crippen molar-refractivity contribution < 1.29 is 14.3 Å². The molecule has 1 amide bonds.